The molecule has 1 heterocycles. The Morgan fingerprint density at radius 3 is 2.65 bits per heavy atom. The smallest absolute Gasteiger partial charge is 0.277 e. The fraction of sp³-hybridized carbons (Fsp3) is 0.222. The molecule has 0 aliphatic heterocycles. The van der Waals surface area contributed by atoms with E-state index in [-0.39, 0.29) is 0 Å². The Morgan fingerprint density at radius 2 is 1.83 bits per heavy atom. The fourth-order valence-corrected chi connectivity index (χ4v) is 3.05. The monoisotopic (exact) mass is 326 g/mol. The van der Waals surface area contributed by atoms with Gasteiger partial charge in [-0.1, -0.05) is 48.2 Å². The lowest BCUT2D eigenvalue weighted by Crippen LogP contribution is -1.93. The second-order valence-electron chi connectivity index (χ2n) is 5.02. The van der Waals surface area contributed by atoms with Gasteiger partial charge in [0.2, 0.25) is 0 Å². The van der Waals surface area contributed by atoms with Crippen LogP contribution in [0.15, 0.2) is 58.2 Å². The Hall–Kier alpha value is -2.27. The maximum Gasteiger partial charge on any atom is 0.277 e. The van der Waals surface area contributed by atoms with Crippen molar-refractivity contribution in [1.29, 1.82) is 0 Å². The number of hydrogen-bond donors (Lipinski definition) is 0. The van der Waals surface area contributed by atoms with Crippen LogP contribution in [0.4, 0.5) is 0 Å². The van der Waals surface area contributed by atoms with Gasteiger partial charge in [0.1, 0.15) is 5.75 Å². The number of hydrogen-bond acceptors (Lipinski definition) is 5. The largest absolute Gasteiger partial charge is 0.493 e. The van der Waals surface area contributed by atoms with E-state index in [4.69, 9.17) is 9.15 Å². The van der Waals surface area contributed by atoms with Crippen LogP contribution in [-0.4, -0.2) is 16.8 Å². The molecule has 2 aromatic carbocycles. The second kappa shape index (κ2) is 7.33. The fourth-order valence-electron chi connectivity index (χ4n) is 2.21. The molecule has 4 nitrogen and oxygen atoms in total. The summed E-state index contributed by atoms with van der Waals surface area (Å²) in [5.74, 6) is 2.05. The molecule has 3 aromatic rings. The first-order chi connectivity index (χ1) is 11.3. The van der Waals surface area contributed by atoms with Crippen LogP contribution in [0.1, 0.15) is 18.1 Å². The third kappa shape index (κ3) is 3.74. The minimum atomic E-state index is 0.487. The molecule has 1 aromatic heterocycles. The van der Waals surface area contributed by atoms with Crippen molar-refractivity contribution in [3.8, 4) is 17.2 Å². The van der Waals surface area contributed by atoms with Crippen LogP contribution in [0.5, 0.6) is 5.75 Å². The number of rotatable bonds is 6. The molecule has 3 rings (SSSR count). The Balaban J connectivity index is 1.75. The van der Waals surface area contributed by atoms with E-state index in [0.29, 0.717) is 17.7 Å². The number of ether oxygens (including phenoxy) is 1. The van der Waals surface area contributed by atoms with Gasteiger partial charge >= 0.3 is 0 Å². The summed E-state index contributed by atoms with van der Waals surface area (Å²) in [6.45, 7) is 4.65. The van der Waals surface area contributed by atoms with Gasteiger partial charge in [-0.25, -0.2) is 0 Å². The van der Waals surface area contributed by atoms with Gasteiger partial charge in [0.15, 0.2) is 0 Å². The summed E-state index contributed by atoms with van der Waals surface area (Å²) in [6, 6.07) is 16.0. The highest BCUT2D eigenvalue weighted by Crippen LogP contribution is 2.31. The Morgan fingerprint density at radius 1 is 1.04 bits per heavy atom. The average Bonchev–Trinajstić information content (AvgIpc) is 3.04. The van der Waals surface area contributed by atoms with Crippen LogP contribution in [0.25, 0.3) is 11.5 Å². The maximum absolute atomic E-state index is 5.78. The van der Waals surface area contributed by atoms with Crippen molar-refractivity contribution in [3.63, 3.8) is 0 Å². The summed E-state index contributed by atoms with van der Waals surface area (Å²) in [4.78, 5) is 0. The average molecular weight is 326 g/mol. The van der Waals surface area contributed by atoms with E-state index >= 15 is 0 Å². The van der Waals surface area contributed by atoms with Crippen molar-refractivity contribution in [2.24, 2.45) is 0 Å². The highest BCUT2D eigenvalue weighted by Gasteiger charge is 2.13. The number of aromatic nitrogens is 2. The number of para-hydroxylation sites is 1. The molecule has 0 N–H and O–H groups in total. The lowest BCUT2D eigenvalue weighted by Gasteiger charge is -2.06. The van der Waals surface area contributed by atoms with Gasteiger partial charge in [0.25, 0.3) is 11.1 Å². The summed E-state index contributed by atoms with van der Waals surface area (Å²) >= 11 is 1.54. The van der Waals surface area contributed by atoms with E-state index < -0.39 is 0 Å². The molecule has 0 saturated carbocycles. The van der Waals surface area contributed by atoms with E-state index in [0.717, 1.165) is 17.1 Å². The molecule has 5 heteroatoms. The van der Waals surface area contributed by atoms with Gasteiger partial charge in [0, 0.05) is 5.75 Å². The van der Waals surface area contributed by atoms with Crippen LogP contribution in [0.3, 0.4) is 0 Å². The van der Waals surface area contributed by atoms with Crippen molar-refractivity contribution < 1.29 is 9.15 Å². The Labute approximate surface area is 139 Å². The van der Waals surface area contributed by atoms with Crippen molar-refractivity contribution >= 4 is 11.8 Å². The van der Waals surface area contributed by atoms with Crippen LogP contribution in [0, 0.1) is 6.92 Å². The highest BCUT2D eigenvalue weighted by molar-refractivity contribution is 7.98. The SMILES string of the molecule is CCOc1ccccc1-c1nnc(SCc2ccccc2C)o1. The summed E-state index contributed by atoms with van der Waals surface area (Å²) < 4.78 is 11.4. The predicted octanol–water partition coefficient (Wildman–Crippen LogP) is 4.74. The predicted molar refractivity (Wildman–Crippen MR) is 91.6 cm³/mol. The minimum Gasteiger partial charge on any atom is -0.493 e. The molecule has 118 valence electrons. The molecule has 0 spiro atoms. The molecule has 0 atom stereocenters. The first-order valence-corrected chi connectivity index (χ1v) is 8.49. The van der Waals surface area contributed by atoms with Gasteiger partial charge < -0.3 is 9.15 Å². The first-order valence-electron chi connectivity index (χ1n) is 7.51. The number of benzene rings is 2. The zero-order valence-electron chi connectivity index (χ0n) is 13.2. The summed E-state index contributed by atoms with van der Waals surface area (Å²) in [5.41, 5.74) is 3.36. The normalized spacial score (nSPS) is 10.7. The third-order valence-corrected chi connectivity index (χ3v) is 4.30. The molecule has 0 fully saturated rings. The van der Waals surface area contributed by atoms with Crippen LogP contribution in [-0.2, 0) is 5.75 Å². The Kier molecular flexibility index (Phi) is 4.98. The van der Waals surface area contributed by atoms with Crippen molar-refractivity contribution in [1.82, 2.24) is 10.2 Å². The molecule has 23 heavy (non-hydrogen) atoms. The lowest BCUT2D eigenvalue weighted by molar-refractivity contribution is 0.340. The number of thioether (sulfide) groups is 1. The van der Waals surface area contributed by atoms with Gasteiger partial charge in [-0.05, 0) is 37.1 Å². The minimum absolute atomic E-state index is 0.487. The van der Waals surface area contributed by atoms with E-state index in [1.54, 1.807) is 11.8 Å². The first kappa shape index (κ1) is 15.6. The molecule has 0 radical (unpaired) electrons. The van der Waals surface area contributed by atoms with Gasteiger partial charge in [-0.15, -0.1) is 10.2 Å². The van der Waals surface area contributed by atoms with Gasteiger partial charge in [-0.3, -0.25) is 0 Å². The summed E-state index contributed by atoms with van der Waals surface area (Å²) in [6.07, 6.45) is 0. The molecule has 0 aliphatic carbocycles. The second-order valence-corrected chi connectivity index (χ2v) is 5.94. The van der Waals surface area contributed by atoms with E-state index in [2.05, 4.69) is 29.3 Å². The molecule has 0 saturated heterocycles. The number of nitrogens with zero attached hydrogens (tertiary/aromatic N) is 2. The molecule has 0 amide bonds. The highest BCUT2D eigenvalue weighted by atomic mass is 32.2. The van der Waals surface area contributed by atoms with Crippen LogP contribution >= 0.6 is 11.8 Å². The maximum atomic E-state index is 5.78. The zero-order valence-corrected chi connectivity index (χ0v) is 14.0. The molecule has 0 aliphatic rings. The van der Waals surface area contributed by atoms with Crippen molar-refractivity contribution in [2.75, 3.05) is 6.61 Å². The topological polar surface area (TPSA) is 48.2 Å². The van der Waals surface area contributed by atoms with Gasteiger partial charge in [-0.2, -0.15) is 0 Å². The van der Waals surface area contributed by atoms with E-state index in [1.165, 1.54) is 11.1 Å². The van der Waals surface area contributed by atoms with Crippen LogP contribution in [0.2, 0.25) is 0 Å². The number of aryl methyl sites for hydroxylation is 1. The lowest BCUT2D eigenvalue weighted by atomic mass is 10.1. The molecular formula is C18H18N2O2S. The summed E-state index contributed by atoms with van der Waals surface area (Å²) in [7, 11) is 0. The standard InChI is InChI=1S/C18H18N2O2S/c1-3-21-16-11-7-6-10-15(16)17-19-20-18(22-17)23-12-14-9-5-4-8-13(14)2/h4-11H,3,12H2,1-2H3. The van der Waals surface area contributed by atoms with Gasteiger partial charge in [0.05, 0.1) is 12.2 Å². The van der Waals surface area contributed by atoms with Crippen LogP contribution < -0.4 is 4.74 Å². The van der Waals surface area contributed by atoms with Crippen molar-refractivity contribution in [3.05, 3.63) is 59.7 Å². The zero-order chi connectivity index (χ0) is 16.1. The Bertz CT molecular complexity index is 786. The van der Waals surface area contributed by atoms with E-state index in [1.807, 2.05) is 43.3 Å². The third-order valence-electron chi connectivity index (χ3n) is 3.44. The molecule has 0 unspecified atom stereocenters. The quantitative estimate of drug-likeness (QED) is 0.613. The van der Waals surface area contributed by atoms with E-state index in [9.17, 15) is 0 Å². The van der Waals surface area contributed by atoms with Crippen molar-refractivity contribution in [2.45, 2.75) is 24.8 Å². The summed E-state index contributed by atoms with van der Waals surface area (Å²) in [5, 5.41) is 8.84. The molecule has 0 bridgehead atoms. The molecular weight excluding hydrogens is 308 g/mol.